The maximum atomic E-state index is 12.4. The molecule has 0 bridgehead atoms. The number of carbonyl (C=O) groups is 2. The minimum Gasteiger partial charge on any atom is -0.459 e. The van der Waals surface area contributed by atoms with Gasteiger partial charge in [-0.1, -0.05) is 0 Å². The Morgan fingerprint density at radius 2 is 1.86 bits per heavy atom. The number of esters is 1. The predicted molar refractivity (Wildman–Crippen MR) is 110 cm³/mol. The van der Waals surface area contributed by atoms with Gasteiger partial charge in [0.15, 0.2) is 0 Å². The summed E-state index contributed by atoms with van der Waals surface area (Å²) in [5.74, 6) is 0.241. The van der Waals surface area contributed by atoms with Crippen molar-refractivity contribution in [2.75, 3.05) is 58.0 Å². The number of anilines is 1. The molecule has 29 heavy (non-hydrogen) atoms. The highest BCUT2D eigenvalue weighted by Crippen LogP contribution is 2.37. The first-order valence-electron chi connectivity index (χ1n) is 9.25. The molecular formula is C18H23ClN4O5S. The lowest BCUT2D eigenvalue weighted by atomic mass is 10.2. The molecule has 0 saturated carbocycles. The van der Waals surface area contributed by atoms with E-state index in [9.17, 15) is 9.59 Å². The fraction of sp³-hybridized carbons (Fsp3) is 0.556. The molecule has 11 heteroatoms. The largest absolute Gasteiger partial charge is 0.459 e. The molecular weight excluding hydrogens is 420 g/mol. The molecule has 158 valence electrons. The minimum atomic E-state index is -0.420. The lowest BCUT2D eigenvalue weighted by molar-refractivity contribution is 0.0393. The van der Waals surface area contributed by atoms with Crippen LogP contribution in [0, 0.1) is 6.92 Å². The maximum Gasteiger partial charge on any atom is 0.409 e. The fourth-order valence-electron chi connectivity index (χ4n) is 3.11. The SMILES string of the molecule is CCOC(=O)N1CCN(c2nc(Cl)nc3sc(C(=O)OCCOC)c(C)c23)CC1. The molecule has 1 amide bonds. The Morgan fingerprint density at radius 1 is 1.14 bits per heavy atom. The van der Waals surface area contributed by atoms with Gasteiger partial charge in [0.05, 0.1) is 18.6 Å². The summed E-state index contributed by atoms with van der Waals surface area (Å²) in [6.45, 7) is 6.66. The molecule has 0 spiro atoms. The van der Waals surface area contributed by atoms with Crippen molar-refractivity contribution in [3.8, 4) is 0 Å². The van der Waals surface area contributed by atoms with Gasteiger partial charge in [0.1, 0.15) is 22.1 Å². The summed E-state index contributed by atoms with van der Waals surface area (Å²) in [4.78, 5) is 37.9. The van der Waals surface area contributed by atoms with Gasteiger partial charge in [-0.2, -0.15) is 4.98 Å². The zero-order valence-electron chi connectivity index (χ0n) is 16.6. The van der Waals surface area contributed by atoms with Crippen molar-refractivity contribution in [1.29, 1.82) is 0 Å². The molecule has 0 aliphatic carbocycles. The van der Waals surface area contributed by atoms with Crippen LogP contribution in [-0.4, -0.2) is 80.0 Å². The quantitative estimate of drug-likeness (QED) is 0.383. The molecule has 0 atom stereocenters. The standard InChI is InChI=1S/C18H23ClN4O5S/c1-4-27-18(25)23-7-5-22(6-8-23)14-12-11(2)13(16(24)28-10-9-26-3)29-15(12)21-17(19)20-14/h4-10H2,1-3H3. The van der Waals surface area contributed by atoms with E-state index in [0.29, 0.717) is 54.9 Å². The van der Waals surface area contributed by atoms with Crippen molar-refractivity contribution in [1.82, 2.24) is 14.9 Å². The summed E-state index contributed by atoms with van der Waals surface area (Å²) in [5, 5.41) is 0.892. The Hall–Kier alpha value is -2.17. The molecule has 0 radical (unpaired) electrons. The Bertz CT molecular complexity index is 898. The number of amides is 1. The topological polar surface area (TPSA) is 94.1 Å². The maximum absolute atomic E-state index is 12.4. The lowest BCUT2D eigenvalue weighted by Crippen LogP contribution is -2.49. The highest BCUT2D eigenvalue weighted by Gasteiger charge is 2.27. The van der Waals surface area contributed by atoms with E-state index in [2.05, 4.69) is 9.97 Å². The molecule has 2 aromatic rings. The molecule has 3 heterocycles. The van der Waals surface area contributed by atoms with E-state index in [-0.39, 0.29) is 18.0 Å². The zero-order chi connectivity index (χ0) is 21.0. The highest BCUT2D eigenvalue weighted by atomic mass is 35.5. The number of aromatic nitrogens is 2. The van der Waals surface area contributed by atoms with Crippen LogP contribution in [0.3, 0.4) is 0 Å². The van der Waals surface area contributed by atoms with Crippen LogP contribution >= 0.6 is 22.9 Å². The van der Waals surface area contributed by atoms with E-state index in [1.807, 2.05) is 11.8 Å². The second-order valence-electron chi connectivity index (χ2n) is 6.35. The van der Waals surface area contributed by atoms with E-state index in [4.69, 9.17) is 25.8 Å². The third-order valence-corrected chi connectivity index (χ3v) is 5.89. The molecule has 1 fully saturated rings. The van der Waals surface area contributed by atoms with E-state index in [1.54, 1.807) is 18.9 Å². The number of rotatable bonds is 6. The third-order valence-electron chi connectivity index (χ3n) is 4.55. The lowest BCUT2D eigenvalue weighted by Gasteiger charge is -2.35. The van der Waals surface area contributed by atoms with Crippen molar-refractivity contribution < 1.29 is 23.8 Å². The van der Waals surface area contributed by atoms with Crippen LogP contribution in [0.15, 0.2) is 0 Å². The second kappa shape index (κ2) is 9.55. The first-order chi connectivity index (χ1) is 14.0. The first kappa shape index (κ1) is 21.5. The van der Waals surface area contributed by atoms with Gasteiger partial charge in [0, 0.05) is 33.3 Å². The molecule has 0 aromatic carbocycles. The average Bonchev–Trinajstić information content (AvgIpc) is 3.04. The van der Waals surface area contributed by atoms with Gasteiger partial charge in [-0.05, 0) is 31.0 Å². The molecule has 1 aliphatic heterocycles. The van der Waals surface area contributed by atoms with Gasteiger partial charge in [-0.3, -0.25) is 0 Å². The van der Waals surface area contributed by atoms with Crippen LogP contribution in [0.25, 0.3) is 10.2 Å². The summed E-state index contributed by atoms with van der Waals surface area (Å²) < 4.78 is 15.2. The number of fused-ring (bicyclic) bond motifs is 1. The van der Waals surface area contributed by atoms with Gasteiger partial charge < -0.3 is 24.0 Å². The number of carbonyl (C=O) groups excluding carboxylic acids is 2. The van der Waals surface area contributed by atoms with Crippen LogP contribution in [0.5, 0.6) is 0 Å². The van der Waals surface area contributed by atoms with Crippen molar-refractivity contribution in [2.45, 2.75) is 13.8 Å². The molecule has 3 rings (SSSR count). The molecule has 1 aliphatic rings. The summed E-state index contributed by atoms with van der Waals surface area (Å²) in [7, 11) is 1.55. The Kier molecular flexibility index (Phi) is 7.09. The summed E-state index contributed by atoms with van der Waals surface area (Å²) in [6.07, 6.45) is -0.314. The van der Waals surface area contributed by atoms with E-state index in [1.165, 1.54) is 11.3 Å². The Morgan fingerprint density at radius 3 is 2.52 bits per heavy atom. The summed E-state index contributed by atoms with van der Waals surface area (Å²) >= 11 is 7.38. The van der Waals surface area contributed by atoms with Crippen molar-refractivity contribution in [2.24, 2.45) is 0 Å². The number of hydrogen-bond acceptors (Lipinski definition) is 9. The van der Waals surface area contributed by atoms with Crippen molar-refractivity contribution in [3.05, 3.63) is 15.7 Å². The average molecular weight is 443 g/mol. The smallest absolute Gasteiger partial charge is 0.409 e. The number of hydrogen-bond donors (Lipinski definition) is 0. The highest BCUT2D eigenvalue weighted by molar-refractivity contribution is 7.20. The van der Waals surface area contributed by atoms with Crippen molar-refractivity contribution in [3.63, 3.8) is 0 Å². The van der Waals surface area contributed by atoms with Gasteiger partial charge in [0.2, 0.25) is 5.28 Å². The molecule has 9 nitrogen and oxygen atoms in total. The van der Waals surface area contributed by atoms with Gasteiger partial charge in [-0.15, -0.1) is 11.3 Å². The number of ether oxygens (including phenoxy) is 3. The van der Waals surface area contributed by atoms with Crippen LogP contribution in [0.2, 0.25) is 5.28 Å². The third kappa shape index (κ3) is 4.71. The fourth-order valence-corrected chi connectivity index (χ4v) is 4.40. The van der Waals surface area contributed by atoms with E-state index < -0.39 is 5.97 Å². The minimum absolute atomic E-state index is 0.112. The monoisotopic (exact) mass is 442 g/mol. The Balaban J connectivity index is 1.85. The number of aryl methyl sites for hydroxylation is 1. The first-order valence-corrected chi connectivity index (χ1v) is 10.4. The Labute approximate surface area is 177 Å². The number of methoxy groups -OCH3 is 1. The van der Waals surface area contributed by atoms with Gasteiger partial charge in [0.25, 0.3) is 0 Å². The number of nitrogens with zero attached hydrogens (tertiary/aromatic N) is 4. The predicted octanol–water partition coefficient (Wildman–Crippen LogP) is 2.73. The van der Waals surface area contributed by atoms with Crippen LogP contribution < -0.4 is 4.90 Å². The number of piperazine rings is 1. The van der Waals surface area contributed by atoms with Gasteiger partial charge in [-0.25, -0.2) is 14.6 Å². The van der Waals surface area contributed by atoms with Crippen molar-refractivity contribution >= 4 is 51.0 Å². The number of thiophene rings is 1. The zero-order valence-corrected chi connectivity index (χ0v) is 18.1. The van der Waals surface area contributed by atoms with Crippen LogP contribution in [0.4, 0.5) is 10.6 Å². The second-order valence-corrected chi connectivity index (χ2v) is 7.69. The van der Waals surface area contributed by atoms with Gasteiger partial charge >= 0.3 is 12.1 Å². The normalized spacial score (nSPS) is 14.3. The van der Waals surface area contributed by atoms with Crippen LogP contribution in [-0.2, 0) is 14.2 Å². The number of halogens is 1. The molecule has 0 N–H and O–H groups in total. The van der Waals surface area contributed by atoms with E-state index >= 15 is 0 Å². The molecule has 2 aromatic heterocycles. The van der Waals surface area contributed by atoms with Crippen LogP contribution in [0.1, 0.15) is 22.2 Å². The summed E-state index contributed by atoms with van der Waals surface area (Å²) in [6, 6.07) is 0. The molecule has 1 saturated heterocycles. The molecule has 0 unspecified atom stereocenters. The summed E-state index contributed by atoms with van der Waals surface area (Å²) in [5.41, 5.74) is 0.756. The van der Waals surface area contributed by atoms with E-state index in [0.717, 1.165) is 10.9 Å².